The maximum absolute atomic E-state index is 11.9. The van der Waals surface area contributed by atoms with Crippen LogP contribution in [0.2, 0.25) is 0 Å². The van der Waals surface area contributed by atoms with Gasteiger partial charge in [0.2, 0.25) is 11.8 Å². The number of carbonyl (C=O) groups is 3. The molecule has 1 rings (SSSR count). The average molecular weight is 322 g/mol. The van der Waals surface area contributed by atoms with E-state index in [0.29, 0.717) is 13.0 Å². The van der Waals surface area contributed by atoms with Crippen LogP contribution < -0.4 is 5.32 Å². The fraction of sp³-hybridized carbons (Fsp3) is 0.438. The maximum atomic E-state index is 11.9. The van der Waals surface area contributed by atoms with Crippen molar-refractivity contribution in [2.75, 3.05) is 26.7 Å². The largest absolute Gasteiger partial charge is 0.479 e. The van der Waals surface area contributed by atoms with E-state index in [2.05, 4.69) is 5.32 Å². The first kappa shape index (κ1) is 18.6. The molecular formula is C16H22N2O5. The fourth-order valence-electron chi connectivity index (χ4n) is 1.96. The summed E-state index contributed by atoms with van der Waals surface area (Å²) in [6, 6.07) is 9.64. The molecule has 0 spiro atoms. The van der Waals surface area contributed by atoms with E-state index in [-0.39, 0.29) is 19.0 Å². The number of hydrogen-bond acceptors (Lipinski definition) is 4. The molecule has 0 aromatic heterocycles. The van der Waals surface area contributed by atoms with Gasteiger partial charge in [0.1, 0.15) is 0 Å². The van der Waals surface area contributed by atoms with Crippen molar-refractivity contribution in [3.8, 4) is 0 Å². The van der Waals surface area contributed by atoms with E-state index < -0.39 is 18.0 Å². The van der Waals surface area contributed by atoms with E-state index in [9.17, 15) is 14.4 Å². The molecule has 0 fully saturated rings. The molecule has 7 heteroatoms. The summed E-state index contributed by atoms with van der Waals surface area (Å²) in [5.41, 5.74) is 1.07. The second-order valence-corrected chi connectivity index (χ2v) is 5.04. The summed E-state index contributed by atoms with van der Waals surface area (Å²) in [4.78, 5) is 35.7. The van der Waals surface area contributed by atoms with Gasteiger partial charge in [-0.3, -0.25) is 9.59 Å². The Bertz CT molecular complexity index is 533. The second-order valence-electron chi connectivity index (χ2n) is 5.04. The summed E-state index contributed by atoms with van der Waals surface area (Å²) in [5, 5.41) is 11.3. The quantitative estimate of drug-likeness (QED) is 0.681. The number of hydrogen-bond donors (Lipinski definition) is 2. The third kappa shape index (κ3) is 6.92. The summed E-state index contributed by atoms with van der Waals surface area (Å²) in [6.07, 6.45) is -0.460. The maximum Gasteiger partial charge on any atom is 0.334 e. The number of ether oxygens (including phenoxy) is 1. The van der Waals surface area contributed by atoms with E-state index >= 15 is 0 Å². The van der Waals surface area contributed by atoms with Gasteiger partial charge < -0.3 is 20.1 Å². The lowest BCUT2D eigenvalue weighted by Crippen LogP contribution is -2.44. The van der Waals surface area contributed by atoms with Crippen LogP contribution >= 0.6 is 0 Å². The van der Waals surface area contributed by atoms with E-state index in [1.807, 2.05) is 30.3 Å². The molecule has 0 aliphatic rings. The van der Waals surface area contributed by atoms with E-state index in [1.54, 1.807) is 0 Å². The first-order valence-corrected chi connectivity index (χ1v) is 7.25. The molecule has 2 amide bonds. The Morgan fingerprint density at radius 1 is 1.26 bits per heavy atom. The lowest BCUT2D eigenvalue weighted by Gasteiger charge is -2.21. The summed E-state index contributed by atoms with van der Waals surface area (Å²) < 4.78 is 4.73. The van der Waals surface area contributed by atoms with Crippen LogP contribution in [0.25, 0.3) is 0 Å². The molecule has 23 heavy (non-hydrogen) atoms. The van der Waals surface area contributed by atoms with Crippen LogP contribution in [0.5, 0.6) is 0 Å². The van der Waals surface area contributed by atoms with Crippen LogP contribution in [-0.4, -0.2) is 60.6 Å². The molecule has 7 nitrogen and oxygen atoms in total. The number of benzene rings is 1. The number of nitrogens with one attached hydrogen (secondary N) is 1. The van der Waals surface area contributed by atoms with Crippen molar-refractivity contribution >= 4 is 17.8 Å². The van der Waals surface area contributed by atoms with Crippen molar-refractivity contribution < 1.29 is 24.2 Å². The first-order chi connectivity index (χ1) is 10.9. The van der Waals surface area contributed by atoms with Gasteiger partial charge in [0, 0.05) is 20.6 Å². The van der Waals surface area contributed by atoms with Crippen molar-refractivity contribution in [2.24, 2.45) is 0 Å². The molecule has 2 N–H and O–H groups in total. The number of methoxy groups -OCH3 is 1. The Labute approximate surface area is 135 Å². The minimum absolute atomic E-state index is 0.113. The highest BCUT2D eigenvalue weighted by Crippen LogP contribution is 2.02. The first-order valence-electron chi connectivity index (χ1n) is 7.25. The van der Waals surface area contributed by atoms with Gasteiger partial charge in [-0.05, 0) is 12.0 Å². The highest BCUT2D eigenvalue weighted by atomic mass is 16.5. The fourth-order valence-corrected chi connectivity index (χ4v) is 1.96. The third-order valence-electron chi connectivity index (χ3n) is 3.34. The molecular weight excluding hydrogens is 300 g/mol. The smallest absolute Gasteiger partial charge is 0.334 e. The van der Waals surface area contributed by atoms with Gasteiger partial charge in [0.25, 0.3) is 0 Å². The molecule has 0 saturated carbocycles. The van der Waals surface area contributed by atoms with Crippen molar-refractivity contribution in [1.29, 1.82) is 0 Å². The van der Waals surface area contributed by atoms with Crippen molar-refractivity contribution in [3.63, 3.8) is 0 Å². The zero-order valence-electron chi connectivity index (χ0n) is 13.3. The number of rotatable bonds is 9. The molecule has 1 aromatic rings. The zero-order valence-corrected chi connectivity index (χ0v) is 13.3. The number of carbonyl (C=O) groups excluding carboxylic acids is 2. The Kier molecular flexibility index (Phi) is 7.76. The van der Waals surface area contributed by atoms with Gasteiger partial charge in [-0.25, -0.2) is 4.79 Å². The summed E-state index contributed by atoms with van der Waals surface area (Å²) in [6.45, 7) is 1.56. The molecule has 0 saturated heterocycles. The van der Waals surface area contributed by atoms with Crippen LogP contribution in [0, 0.1) is 0 Å². The third-order valence-corrected chi connectivity index (χ3v) is 3.34. The number of nitrogens with zero attached hydrogens (tertiary/aromatic N) is 1. The van der Waals surface area contributed by atoms with E-state index in [0.717, 1.165) is 5.56 Å². The highest BCUT2D eigenvalue weighted by molar-refractivity contribution is 5.84. The number of carboxylic acids is 1. The highest BCUT2D eigenvalue weighted by Gasteiger charge is 2.19. The van der Waals surface area contributed by atoms with E-state index in [1.165, 1.54) is 18.9 Å². The topological polar surface area (TPSA) is 95.9 Å². The molecule has 0 radical (unpaired) electrons. The van der Waals surface area contributed by atoms with Crippen molar-refractivity contribution in [2.45, 2.75) is 19.4 Å². The predicted molar refractivity (Wildman–Crippen MR) is 83.8 cm³/mol. The van der Waals surface area contributed by atoms with Crippen molar-refractivity contribution in [3.05, 3.63) is 35.9 Å². The second kappa shape index (κ2) is 9.58. The van der Waals surface area contributed by atoms with Gasteiger partial charge in [-0.2, -0.15) is 0 Å². The lowest BCUT2D eigenvalue weighted by molar-refractivity contribution is -0.148. The Morgan fingerprint density at radius 2 is 1.91 bits per heavy atom. The minimum Gasteiger partial charge on any atom is -0.479 e. The zero-order chi connectivity index (χ0) is 17.2. The molecule has 1 unspecified atom stereocenters. The van der Waals surface area contributed by atoms with Crippen LogP contribution in [0.1, 0.15) is 12.5 Å². The molecule has 1 atom stereocenters. The van der Waals surface area contributed by atoms with Gasteiger partial charge >= 0.3 is 5.97 Å². The Morgan fingerprint density at radius 3 is 2.43 bits per heavy atom. The molecule has 126 valence electrons. The van der Waals surface area contributed by atoms with Crippen LogP contribution in [0.15, 0.2) is 30.3 Å². The molecule has 1 aromatic carbocycles. The minimum atomic E-state index is -1.15. The monoisotopic (exact) mass is 322 g/mol. The van der Waals surface area contributed by atoms with Crippen LogP contribution in [0.4, 0.5) is 0 Å². The summed E-state index contributed by atoms with van der Waals surface area (Å²) >= 11 is 0. The Hall–Kier alpha value is -2.41. The predicted octanol–water partition coefficient (Wildman–Crippen LogP) is 0.293. The van der Waals surface area contributed by atoms with Gasteiger partial charge in [0.15, 0.2) is 6.10 Å². The SMILES string of the molecule is COC(CNC(=O)CN(CCc1ccccc1)C(C)=O)C(=O)O. The standard InChI is InChI=1S/C16H22N2O5/c1-12(19)18(9-8-13-6-4-3-5-7-13)11-15(20)17-10-14(23-2)16(21)22/h3-7,14H,8-11H2,1-2H3,(H,17,20)(H,21,22). The van der Waals surface area contributed by atoms with Gasteiger partial charge in [-0.15, -0.1) is 0 Å². The lowest BCUT2D eigenvalue weighted by atomic mass is 10.1. The molecule has 0 bridgehead atoms. The van der Waals surface area contributed by atoms with Crippen LogP contribution in [-0.2, 0) is 25.5 Å². The molecule has 0 heterocycles. The van der Waals surface area contributed by atoms with Gasteiger partial charge in [-0.1, -0.05) is 30.3 Å². The van der Waals surface area contributed by atoms with Crippen LogP contribution in [0.3, 0.4) is 0 Å². The molecule has 0 aliphatic carbocycles. The molecule has 0 aliphatic heterocycles. The van der Waals surface area contributed by atoms with E-state index in [4.69, 9.17) is 9.84 Å². The van der Waals surface area contributed by atoms with Crippen molar-refractivity contribution in [1.82, 2.24) is 10.2 Å². The van der Waals surface area contributed by atoms with Gasteiger partial charge in [0.05, 0.1) is 13.1 Å². The number of carboxylic acid groups (broad SMARTS) is 1. The summed E-state index contributed by atoms with van der Waals surface area (Å²) in [5.74, 6) is -1.78. The average Bonchev–Trinajstić information content (AvgIpc) is 2.52. The number of amides is 2. The summed E-state index contributed by atoms with van der Waals surface area (Å²) in [7, 11) is 1.26. The number of aliphatic carboxylic acids is 1. The normalized spacial score (nSPS) is 11.6. The Balaban J connectivity index is 2.47.